The summed E-state index contributed by atoms with van der Waals surface area (Å²) in [6.45, 7) is 22.4. The summed E-state index contributed by atoms with van der Waals surface area (Å²) in [7, 11) is 0. The Hall–Kier alpha value is -3.16. The lowest BCUT2D eigenvalue weighted by molar-refractivity contribution is -0.167. The van der Waals surface area contributed by atoms with Crippen molar-refractivity contribution in [3.63, 3.8) is 0 Å². The van der Waals surface area contributed by atoms with Crippen LogP contribution in [0.25, 0.3) is 0 Å². The molecular weight excluding hydrogens is 464 g/mol. The van der Waals surface area contributed by atoms with Crippen molar-refractivity contribution in [1.82, 2.24) is 0 Å². The Labute approximate surface area is 215 Å². The first-order chi connectivity index (χ1) is 16.8. The smallest absolute Gasteiger partial charge is 0.310 e. The molecule has 0 radical (unpaired) electrons. The number of hydrogen-bond acceptors (Lipinski definition) is 8. The third-order valence-corrected chi connectivity index (χ3v) is 4.99. The van der Waals surface area contributed by atoms with E-state index in [0.717, 1.165) is 22.3 Å². The molecule has 0 saturated carbocycles. The minimum Gasteiger partial charge on any atom is -0.465 e. The van der Waals surface area contributed by atoms with Gasteiger partial charge in [0.2, 0.25) is 0 Å². The molecule has 0 spiro atoms. The minimum absolute atomic E-state index is 0.0237. The van der Waals surface area contributed by atoms with Crippen molar-refractivity contribution < 1.29 is 38.1 Å². The maximum atomic E-state index is 13.0. The SMILES string of the molecule is C=C(C)CCOC(=O)CC(C(=O)OCCC(=C)C)C(CC(=O)OCCC(=C)C)C(=O)OCCC(=C)C. The fraction of sp³-hybridized carbons (Fsp3) is 0.571. The number of carbonyl (C=O) groups is 4. The van der Waals surface area contributed by atoms with Crippen molar-refractivity contribution in [3.8, 4) is 0 Å². The lowest BCUT2D eigenvalue weighted by Crippen LogP contribution is -2.36. The molecule has 0 aliphatic carbocycles. The van der Waals surface area contributed by atoms with Crippen molar-refractivity contribution in [2.75, 3.05) is 26.4 Å². The summed E-state index contributed by atoms with van der Waals surface area (Å²) < 4.78 is 21.0. The van der Waals surface area contributed by atoms with E-state index in [2.05, 4.69) is 26.3 Å². The van der Waals surface area contributed by atoms with E-state index in [0.29, 0.717) is 25.7 Å². The lowest BCUT2D eigenvalue weighted by Gasteiger charge is -2.23. The van der Waals surface area contributed by atoms with Crippen LogP contribution in [0.5, 0.6) is 0 Å². The van der Waals surface area contributed by atoms with E-state index < -0.39 is 48.6 Å². The Bertz CT molecular complexity index is 755. The van der Waals surface area contributed by atoms with Crippen LogP contribution in [-0.4, -0.2) is 50.3 Å². The average molecular weight is 507 g/mol. The summed E-state index contributed by atoms with van der Waals surface area (Å²) in [4.78, 5) is 51.0. The Kier molecular flexibility index (Phi) is 16.6. The van der Waals surface area contributed by atoms with Gasteiger partial charge in [-0.05, 0) is 27.7 Å². The topological polar surface area (TPSA) is 105 Å². The lowest BCUT2D eigenvalue weighted by atomic mass is 9.86. The summed E-state index contributed by atoms with van der Waals surface area (Å²) in [6.07, 6.45) is 0.834. The van der Waals surface area contributed by atoms with Gasteiger partial charge in [0, 0.05) is 25.7 Å². The van der Waals surface area contributed by atoms with Crippen molar-refractivity contribution in [2.24, 2.45) is 11.8 Å². The zero-order chi connectivity index (χ0) is 27.7. The largest absolute Gasteiger partial charge is 0.465 e. The van der Waals surface area contributed by atoms with Crippen LogP contribution in [0.4, 0.5) is 0 Å². The normalized spacial score (nSPS) is 12.0. The molecule has 0 aliphatic rings. The van der Waals surface area contributed by atoms with E-state index in [9.17, 15) is 19.2 Å². The highest BCUT2D eigenvalue weighted by molar-refractivity contribution is 5.88. The van der Waals surface area contributed by atoms with Crippen LogP contribution in [0.15, 0.2) is 48.6 Å². The van der Waals surface area contributed by atoms with Crippen LogP contribution < -0.4 is 0 Å². The standard InChI is InChI=1S/C28H42O8/c1-19(2)9-13-33-25(29)17-23(27(31)35-15-11-21(5)6)24(28(32)36-16-12-22(7)8)18-26(30)34-14-10-20(3)4/h23-24H,1,3,5,7,9-18H2,2,4,6,8H3. The van der Waals surface area contributed by atoms with Gasteiger partial charge in [-0.2, -0.15) is 0 Å². The highest BCUT2D eigenvalue weighted by Crippen LogP contribution is 2.25. The van der Waals surface area contributed by atoms with Crippen molar-refractivity contribution >= 4 is 23.9 Å². The molecule has 0 fully saturated rings. The van der Waals surface area contributed by atoms with Gasteiger partial charge in [-0.25, -0.2) is 0 Å². The van der Waals surface area contributed by atoms with Crippen molar-refractivity contribution in [1.29, 1.82) is 0 Å². The van der Waals surface area contributed by atoms with E-state index in [1.54, 1.807) is 27.7 Å². The Morgan fingerprint density at radius 2 is 0.750 bits per heavy atom. The summed E-state index contributed by atoms with van der Waals surface area (Å²) in [6, 6.07) is 0. The van der Waals surface area contributed by atoms with Crippen LogP contribution in [0, 0.1) is 11.8 Å². The molecule has 8 nitrogen and oxygen atoms in total. The van der Waals surface area contributed by atoms with Gasteiger partial charge in [0.25, 0.3) is 0 Å². The third kappa shape index (κ3) is 16.5. The molecule has 2 atom stereocenters. The summed E-state index contributed by atoms with van der Waals surface area (Å²) in [5, 5.41) is 0. The predicted molar refractivity (Wildman–Crippen MR) is 138 cm³/mol. The molecule has 36 heavy (non-hydrogen) atoms. The van der Waals surface area contributed by atoms with Crippen molar-refractivity contribution in [2.45, 2.75) is 66.2 Å². The first-order valence-electron chi connectivity index (χ1n) is 12.1. The molecule has 0 amide bonds. The average Bonchev–Trinajstić information content (AvgIpc) is 2.74. The molecule has 0 rings (SSSR count). The van der Waals surface area contributed by atoms with Crippen molar-refractivity contribution in [3.05, 3.63) is 48.6 Å². The summed E-state index contributed by atoms with van der Waals surface area (Å²) >= 11 is 0. The fourth-order valence-corrected chi connectivity index (χ4v) is 2.80. The van der Waals surface area contributed by atoms with Gasteiger partial charge in [0.05, 0.1) is 51.1 Å². The highest BCUT2D eigenvalue weighted by Gasteiger charge is 2.40. The monoisotopic (exact) mass is 506 g/mol. The van der Waals surface area contributed by atoms with Crippen LogP contribution >= 0.6 is 0 Å². The number of esters is 4. The van der Waals surface area contributed by atoms with Gasteiger partial charge in [-0.15, -0.1) is 26.3 Å². The van der Waals surface area contributed by atoms with Gasteiger partial charge in [-0.3, -0.25) is 19.2 Å². The van der Waals surface area contributed by atoms with Crippen LogP contribution in [0.3, 0.4) is 0 Å². The second-order valence-corrected chi connectivity index (χ2v) is 9.23. The maximum absolute atomic E-state index is 13.0. The number of hydrogen-bond donors (Lipinski definition) is 0. The molecule has 0 N–H and O–H groups in total. The molecule has 0 aromatic rings. The summed E-state index contributed by atoms with van der Waals surface area (Å²) in [5.74, 6) is -5.59. The van der Waals surface area contributed by atoms with Gasteiger partial charge in [-0.1, -0.05) is 22.3 Å². The number of rotatable bonds is 19. The van der Waals surface area contributed by atoms with Gasteiger partial charge < -0.3 is 18.9 Å². The first kappa shape index (κ1) is 32.8. The molecular formula is C28H42O8. The quantitative estimate of drug-likeness (QED) is 0.136. The molecule has 202 valence electrons. The molecule has 0 aliphatic heterocycles. The molecule has 0 heterocycles. The fourth-order valence-electron chi connectivity index (χ4n) is 2.80. The zero-order valence-corrected chi connectivity index (χ0v) is 22.3. The Morgan fingerprint density at radius 1 is 0.500 bits per heavy atom. The van der Waals surface area contributed by atoms with E-state index in [1.807, 2.05) is 0 Å². The van der Waals surface area contributed by atoms with Gasteiger partial charge >= 0.3 is 23.9 Å². The molecule has 8 heteroatoms. The van der Waals surface area contributed by atoms with E-state index in [1.165, 1.54) is 0 Å². The molecule has 0 saturated heterocycles. The molecule has 2 unspecified atom stereocenters. The Morgan fingerprint density at radius 3 is 1.00 bits per heavy atom. The first-order valence-corrected chi connectivity index (χ1v) is 12.1. The van der Waals surface area contributed by atoms with E-state index in [-0.39, 0.29) is 26.4 Å². The van der Waals surface area contributed by atoms with Crippen LogP contribution in [0.2, 0.25) is 0 Å². The highest BCUT2D eigenvalue weighted by atomic mass is 16.6. The predicted octanol–water partition coefficient (Wildman–Crippen LogP) is 5.04. The molecule has 0 aromatic heterocycles. The maximum Gasteiger partial charge on any atom is 0.310 e. The summed E-state index contributed by atoms with van der Waals surface area (Å²) in [5.41, 5.74) is 3.26. The molecule has 0 bridgehead atoms. The third-order valence-electron chi connectivity index (χ3n) is 4.99. The second kappa shape index (κ2) is 18.2. The van der Waals surface area contributed by atoms with E-state index >= 15 is 0 Å². The Balaban J connectivity index is 5.73. The van der Waals surface area contributed by atoms with Crippen LogP contribution in [-0.2, 0) is 38.1 Å². The van der Waals surface area contributed by atoms with Crippen LogP contribution in [0.1, 0.15) is 66.2 Å². The van der Waals surface area contributed by atoms with Gasteiger partial charge in [0.15, 0.2) is 0 Å². The zero-order valence-electron chi connectivity index (χ0n) is 22.3. The second-order valence-electron chi connectivity index (χ2n) is 9.23. The minimum atomic E-state index is -1.29. The molecule has 0 aromatic carbocycles. The number of carbonyl (C=O) groups excluding carboxylic acids is 4. The number of ether oxygens (including phenoxy) is 4. The van der Waals surface area contributed by atoms with Gasteiger partial charge in [0.1, 0.15) is 0 Å². The van der Waals surface area contributed by atoms with E-state index in [4.69, 9.17) is 18.9 Å².